The highest BCUT2D eigenvalue weighted by molar-refractivity contribution is 7.19. The number of aromatic nitrogens is 2. The topological polar surface area (TPSA) is 62.7 Å². The lowest BCUT2D eigenvalue weighted by molar-refractivity contribution is 0.0519. The van der Waals surface area contributed by atoms with Crippen molar-refractivity contribution in [2.75, 3.05) is 27.8 Å². The quantitative estimate of drug-likeness (QED) is 0.143. The molecule has 0 atom stereocenters. The van der Waals surface area contributed by atoms with Gasteiger partial charge in [-0.25, -0.2) is 0 Å². The molecule has 0 aliphatic rings. The van der Waals surface area contributed by atoms with Crippen molar-refractivity contribution >= 4 is 44.5 Å². The molecule has 6 nitrogen and oxygen atoms in total. The summed E-state index contributed by atoms with van der Waals surface area (Å²) in [5.41, 5.74) is 6.31. The summed E-state index contributed by atoms with van der Waals surface area (Å²) in [5, 5.41) is 2.11. The van der Waals surface area contributed by atoms with Crippen molar-refractivity contribution in [3.8, 4) is 53.3 Å². The predicted molar refractivity (Wildman–Crippen MR) is 180 cm³/mol. The van der Waals surface area contributed by atoms with E-state index in [0.29, 0.717) is 11.5 Å². The van der Waals surface area contributed by atoms with Gasteiger partial charge in [0, 0.05) is 68.0 Å². The van der Waals surface area contributed by atoms with E-state index in [2.05, 4.69) is 82.8 Å². The number of hydrogen-bond donors (Lipinski definition) is 0. The van der Waals surface area contributed by atoms with Crippen LogP contribution in [0.25, 0.3) is 63.6 Å². The predicted octanol–water partition coefficient (Wildman–Crippen LogP) is 9.54. The normalized spacial score (nSPS) is 11.3. The summed E-state index contributed by atoms with van der Waals surface area (Å²) in [5.74, 6) is 1.43. The van der Waals surface area contributed by atoms with Crippen LogP contribution >= 0.6 is 22.7 Å². The zero-order valence-corrected chi connectivity index (χ0v) is 25.8. The number of ether oxygens (including phenoxy) is 4. The minimum atomic E-state index is 0.184. The zero-order valence-electron chi connectivity index (χ0n) is 24.2. The SMILES string of the molecule is COCOc1ccc(-c2ccc(-c3ccc(-c4ccc(-c5ccc(OCOC)c6ncccc56)s4)cc3)s2)c2cccnc12. The van der Waals surface area contributed by atoms with Gasteiger partial charge in [0.15, 0.2) is 13.6 Å². The minimum absolute atomic E-state index is 0.184. The Bertz CT molecular complexity index is 1920. The fourth-order valence-corrected chi connectivity index (χ4v) is 7.38. The van der Waals surface area contributed by atoms with E-state index < -0.39 is 0 Å². The largest absolute Gasteiger partial charge is 0.465 e. The lowest BCUT2D eigenvalue weighted by atomic mass is 10.1. The molecule has 3 aromatic carbocycles. The van der Waals surface area contributed by atoms with Crippen molar-refractivity contribution in [2.45, 2.75) is 0 Å². The van der Waals surface area contributed by atoms with Gasteiger partial charge in [0.1, 0.15) is 22.5 Å². The Kier molecular flexibility index (Phi) is 8.04. The van der Waals surface area contributed by atoms with Gasteiger partial charge in [-0.15, -0.1) is 22.7 Å². The number of thiophene rings is 2. The maximum absolute atomic E-state index is 5.75. The summed E-state index contributed by atoms with van der Waals surface area (Å²) >= 11 is 3.55. The molecular formula is C36H28N2O4S2. The van der Waals surface area contributed by atoms with E-state index in [0.717, 1.165) is 32.9 Å². The fraction of sp³-hybridized carbons (Fsp3) is 0.111. The van der Waals surface area contributed by atoms with Crippen LogP contribution in [0.5, 0.6) is 11.5 Å². The number of methoxy groups -OCH3 is 2. The first-order valence-electron chi connectivity index (χ1n) is 14.0. The van der Waals surface area contributed by atoms with E-state index >= 15 is 0 Å². The van der Waals surface area contributed by atoms with Crippen LogP contribution in [0.3, 0.4) is 0 Å². The van der Waals surface area contributed by atoms with Crippen molar-refractivity contribution in [1.29, 1.82) is 0 Å². The molecule has 7 rings (SSSR count). The first-order valence-corrected chi connectivity index (χ1v) is 15.7. The molecule has 0 amide bonds. The fourth-order valence-electron chi connectivity index (χ4n) is 5.28. The Labute approximate surface area is 263 Å². The molecule has 0 saturated heterocycles. The average molecular weight is 617 g/mol. The zero-order chi connectivity index (χ0) is 29.9. The van der Waals surface area contributed by atoms with Crippen molar-refractivity contribution in [2.24, 2.45) is 0 Å². The van der Waals surface area contributed by atoms with E-state index in [4.69, 9.17) is 18.9 Å². The summed E-state index contributed by atoms with van der Waals surface area (Å²) in [7, 11) is 3.23. The van der Waals surface area contributed by atoms with Gasteiger partial charge in [-0.05, 0) is 71.8 Å². The molecule has 218 valence electrons. The molecule has 0 fully saturated rings. The van der Waals surface area contributed by atoms with Gasteiger partial charge in [0.05, 0.1) is 0 Å². The molecule has 44 heavy (non-hydrogen) atoms. The Morgan fingerprint density at radius 2 is 0.932 bits per heavy atom. The molecule has 7 aromatic rings. The van der Waals surface area contributed by atoms with Gasteiger partial charge >= 0.3 is 0 Å². The van der Waals surface area contributed by atoms with Gasteiger partial charge in [0.2, 0.25) is 0 Å². The minimum Gasteiger partial charge on any atom is -0.465 e. The Morgan fingerprint density at radius 3 is 1.36 bits per heavy atom. The van der Waals surface area contributed by atoms with E-state index in [1.165, 1.54) is 30.6 Å². The molecule has 0 saturated carbocycles. The number of rotatable bonds is 10. The Morgan fingerprint density at radius 1 is 0.500 bits per heavy atom. The maximum Gasteiger partial charge on any atom is 0.188 e. The summed E-state index contributed by atoms with van der Waals surface area (Å²) in [4.78, 5) is 14.0. The van der Waals surface area contributed by atoms with Crippen LogP contribution in [0.4, 0.5) is 0 Å². The molecule has 0 aliphatic carbocycles. The maximum atomic E-state index is 5.75. The van der Waals surface area contributed by atoms with Gasteiger partial charge in [0.25, 0.3) is 0 Å². The monoisotopic (exact) mass is 616 g/mol. The molecule has 4 heterocycles. The van der Waals surface area contributed by atoms with Crippen molar-refractivity contribution in [3.05, 3.63) is 109 Å². The highest BCUT2D eigenvalue weighted by Gasteiger charge is 2.14. The van der Waals surface area contributed by atoms with Crippen molar-refractivity contribution < 1.29 is 18.9 Å². The second-order valence-corrected chi connectivity index (χ2v) is 12.2. The van der Waals surface area contributed by atoms with Crippen LogP contribution in [-0.2, 0) is 9.47 Å². The Balaban J connectivity index is 1.14. The highest BCUT2D eigenvalue weighted by atomic mass is 32.1. The molecule has 0 N–H and O–H groups in total. The van der Waals surface area contributed by atoms with Crippen LogP contribution in [0.15, 0.2) is 109 Å². The molecular weight excluding hydrogens is 589 g/mol. The van der Waals surface area contributed by atoms with E-state index in [9.17, 15) is 0 Å². The van der Waals surface area contributed by atoms with Gasteiger partial charge in [-0.1, -0.05) is 36.4 Å². The van der Waals surface area contributed by atoms with Gasteiger partial charge in [-0.2, -0.15) is 0 Å². The number of fused-ring (bicyclic) bond motifs is 2. The van der Waals surface area contributed by atoms with Crippen LogP contribution in [0.2, 0.25) is 0 Å². The van der Waals surface area contributed by atoms with E-state index in [1.54, 1.807) is 49.3 Å². The second kappa shape index (κ2) is 12.6. The molecule has 0 spiro atoms. The average Bonchev–Trinajstić information content (AvgIpc) is 3.77. The second-order valence-electron chi connectivity index (χ2n) is 10.0. The molecule has 4 aromatic heterocycles. The number of hydrogen-bond acceptors (Lipinski definition) is 8. The summed E-state index contributed by atoms with van der Waals surface area (Å²) < 4.78 is 21.7. The highest BCUT2D eigenvalue weighted by Crippen LogP contribution is 2.42. The van der Waals surface area contributed by atoms with Crippen molar-refractivity contribution in [1.82, 2.24) is 9.97 Å². The summed E-state index contributed by atoms with van der Waals surface area (Å²) in [6.45, 7) is 0.367. The van der Waals surface area contributed by atoms with Crippen molar-refractivity contribution in [3.63, 3.8) is 0 Å². The van der Waals surface area contributed by atoms with Gasteiger partial charge < -0.3 is 18.9 Å². The molecule has 8 heteroatoms. The third kappa shape index (κ3) is 5.44. The molecule has 0 radical (unpaired) electrons. The lowest BCUT2D eigenvalue weighted by Crippen LogP contribution is -2.00. The number of pyridine rings is 2. The summed E-state index contributed by atoms with van der Waals surface area (Å²) in [6.07, 6.45) is 3.58. The van der Waals surface area contributed by atoms with Gasteiger partial charge in [-0.3, -0.25) is 9.97 Å². The molecule has 0 bridgehead atoms. The summed E-state index contributed by atoms with van der Waals surface area (Å²) in [6, 6.07) is 33.8. The van der Waals surface area contributed by atoms with Crippen LogP contribution < -0.4 is 9.47 Å². The number of benzene rings is 3. The Hall–Kier alpha value is -4.60. The smallest absolute Gasteiger partial charge is 0.188 e. The molecule has 0 aliphatic heterocycles. The van der Waals surface area contributed by atoms with Crippen LogP contribution in [-0.4, -0.2) is 37.8 Å². The standard InChI is InChI=1S/C36H28N2O4S2/c1-39-21-41-29-13-11-25(27-5-3-19-37-35(27)29)33-17-15-31(43-33)23-7-9-24(10-8-23)32-16-18-34(44-32)26-12-14-30(42-22-40-2)36-28(26)6-4-20-38-36/h3-20H,21-22H2,1-2H3. The first-order chi connectivity index (χ1) is 21.7. The first kappa shape index (κ1) is 28.2. The van der Waals surface area contributed by atoms with E-state index in [-0.39, 0.29) is 13.6 Å². The van der Waals surface area contributed by atoms with E-state index in [1.807, 2.05) is 24.3 Å². The lowest BCUT2D eigenvalue weighted by Gasteiger charge is -2.10. The molecule has 0 unspecified atom stereocenters. The van der Waals surface area contributed by atoms with Crippen LogP contribution in [0.1, 0.15) is 0 Å². The van der Waals surface area contributed by atoms with Crippen LogP contribution in [0, 0.1) is 0 Å². The number of nitrogens with zero attached hydrogens (tertiary/aromatic N) is 2. The third-order valence-electron chi connectivity index (χ3n) is 7.33. The third-order valence-corrected chi connectivity index (χ3v) is 9.66.